The van der Waals surface area contributed by atoms with E-state index in [-0.39, 0.29) is 0 Å². The van der Waals surface area contributed by atoms with Gasteiger partial charge in [-0.25, -0.2) is 4.98 Å². The minimum absolute atomic E-state index is 0.605. The zero-order valence-corrected chi connectivity index (χ0v) is 26.1. The van der Waals surface area contributed by atoms with Gasteiger partial charge in [0.1, 0.15) is 5.52 Å². The Morgan fingerprint density at radius 2 is 0.833 bits per heavy atom. The number of fused-ring (bicyclic) bond motifs is 6. The maximum Gasteiger partial charge on any atom is 0.227 e. The van der Waals surface area contributed by atoms with Crippen molar-refractivity contribution < 1.29 is 4.42 Å². The number of hydrogen-bond donors (Lipinski definition) is 0. The quantitative estimate of drug-likeness (QED) is 0.175. The maximum absolute atomic E-state index is 6.68. The van der Waals surface area contributed by atoms with Crippen LogP contribution in [-0.4, -0.2) is 4.98 Å². The lowest BCUT2D eigenvalue weighted by Gasteiger charge is -2.25. The van der Waals surface area contributed by atoms with Crippen LogP contribution in [0, 0.1) is 0 Å². The average Bonchev–Trinajstić information content (AvgIpc) is 3.63. The summed E-state index contributed by atoms with van der Waals surface area (Å²) in [6.45, 7) is 0. The van der Waals surface area contributed by atoms with Gasteiger partial charge in [-0.2, -0.15) is 0 Å². The van der Waals surface area contributed by atoms with Crippen LogP contribution >= 0.6 is 0 Å². The molecule has 1 aromatic heterocycles. The van der Waals surface area contributed by atoms with E-state index < -0.39 is 0 Å². The predicted molar refractivity (Wildman–Crippen MR) is 200 cm³/mol. The Kier molecular flexibility index (Phi) is 6.80. The summed E-state index contributed by atoms with van der Waals surface area (Å²) in [5.41, 5.74) is 10.6. The van der Waals surface area contributed by atoms with E-state index in [1.54, 1.807) is 0 Å². The van der Waals surface area contributed by atoms with Crippen molar-refractivity contribution in [3.05, 3.63) is 182 Å². The van der Waals surface area contributed by atoms with Crippen LogP contribution in [0.5, 0.6) is 0 Å². The second-order valence-electron chi connectivity index (χ2n) is 12.0. The Balaban J connectivity index is 1.23. The molecule has 48 heavy (non-hydrogen) atoms. The molecule has 9 rings (SSSR count). The second-order valence-corrected chi connectivity index (χ2v) is 12.0. The topological polar surface area (TPSA) is 29.3 Å². The largest absolute Gasteiger partial charge is 0.435 e. The average molecular weight is 615 g/mol. The van der Waals surface area contributed by atoms with Crippen LogP contribution in [0.15, 0.2) is 186 Å². The first-order valence-electron chi connectivity index (χ1n) is 16.2. The van der Waals surface area contributed by atoms with Crippen LogP contribution in [0.25, 0.3) is 66.4 Å². The molecule has 0 radical (unpaired) electrons. The highest BCUT2D eigenvalue weighted by molar-refractivity contribution is 6.24. The van der Waals surface area contributed by atoms with Crippen molar-refractivity contribution in [3.63, 3.8) is 0 Å². The number of anilines is 3. The van der Waals surface area contributed by atoms with Crippen molar-refractivity contribution in [1.82, 2.24) is 4.98 Å². The van der Waals surface area contributed by atoms with E-state index in [0.29, 0.717) is 5.89 Å². The van der Waals surface area contributed by atoms with Crippen LogP contribution < -0.4 is 4.90 Å². The number of aromatic nitrogens is 1. The van der Waals surface area contributed by atoms with Crippen molar-refractivity contribution in [1.29, 1.82) is 0 Å². The fourth-order valence-electron chi connectivity index (χ4n) is 6.81. The molecule has 0 amide bonds. The monoisotopic (exact) mass is 614 g/mol. The summed E-state index contributed by atoms with van der Waals surface area (Å²) < 4.78 is 6.68. The van der Waals surface area contributed by atoms with Gasteiger partial charge in [-0.05, 0) is 93.7 Å². The summed E-state index contributed by atoms with van der Waals surface area (Å²) in [4.78, 5) is 7.47. The van der Waals surface area contributed by atoms with Gasteiger partial charge in [-0.1, -0.05) is 121 Å². The number of rotatable bonds is 6. The van der Waals surface area contributed by atoms with E-state index in [1.165, 1.54) is 22.3 Å². The Morgan fingerprint density at radius 1 is 0.375 bits per heavy atom. The van der Waals surface area contributed by atoms with Crippen LogP contribution in [0.3, 0.4) is 0 Å². The second kappa shape index (κ2) is 11.7. The first-order valence-corrected chi connectivity index (χ1v) is 16.2. The van der Waals surface area contributed by atoms with Crippen LogP contribution in [0.1, 0.15) is 0 Å². The fraction of sp³-hybridized carbons (Fsp3) is 0. The van der Waals surface area contributed by atoms with Gasteiger partial charge in [-0.3, -0.25) is 0 Å². The Bertz CT molecular complexity index is 2480. The highest BCUT2D eigenvalue weighted by atomic mass is 16.3. The fourth-order valence-corrected chi connectivity index (χ4v) is 6.81. The third-order valence-corrected chi connectivity index (χ3v) is 9.07. The SMILES string of the molecule is c1ccc(-c2cc3c4ccccc4c4oc(-c5ccc(N(c6ccccc6)c6ccccc6)cc5)nc4c3cc2-c2ccccc2)cc1. The molecule has 0 saturated carbocycles. The van der Waals surface area contributed by atoms with Gasteiger partial charge < -0.3 is 9.32 Å². The first-order chi connectivity index (χ1) is 23.8. The smallest absolute Gasteiger partial charge is 0.227 e. The molecule has 0 bridgehead atoms. The molecular weight excluding hydrogens is 585 g/mol. The van der Waals surface area contributed by atoms with E-state index in [1.807, 2.05) is 12.1 Å². The lowest BCUT2D eigenvalue weighted by molar-refractivity contribution is 0.623. The van der Waals surface area contributed by atoms with Gasteiger partial charge in [0.05, 0.1) is 0 Å². The molecule has 0 aliphatic heterocycles. The highest BCUT2D eigenvalue weighted by Crippen LogP contribution is 2.43. The summed E-state index contributed by atoms with van der Waals surface area (Å²) in [5.74, 6) is 0.605. The molecule has 0 unspecified atom stereocenters. The molecule has 3 nitrogen and oxygen atoms in total. The van der Waals surface area contributed by atoms with Crippen LogP contribution in [-0.2, 0) is 0 Å². The summed E-state index contributed by atoms with van der Waals surface area (Å²) in [6.07, 6.45) is 0. The molecule has 9 aromatic rings. The molecule has 0 saturated heterocycles. The van der Waals surface area contributed by atoms with Crippen molar-refractivity contribution in [2.45, 2.75) is 0 Å². The number of para-hydroxylation sites is 2. The van der Waals surface area contributed by atoms with Gasteiger partial charge in [0.15, 0.2) is 5.58 Å². The zero-order chi connectivity index (χ0) is 31.9. The highest BCUT2D eigenvalue weighted by Gasteiger charge is 2.20. The number of nitrogens with zero attached hydrogens (tertiary/aromatic N) is 2. The molecule has 0 aliphatic carbocycles. The summed E-state index contributed by atoms with van der Waals surface area (Å²) in [6, 6.07) is 63.7. The van der Waals surface area contributed by atoms with E-state index in [0.717, 1.165) is 55.3 Å². The van der Waals surface area contributed by atoms with Gasteiger partial charge >= 0.3 is 0 Å². The molecular formula is C45H30N2O. The Morgan fingerprint density at radius 3 is 1.40 bits per heavy atom. The maximum atomic E-state index is 6.68. The van der Waals surface area contributed by atoms with Gasteiger partial charge in [0.2, 0.25) is 5.89 Å². The Hall–Kier alpha value is -6.45. The summed E-state index contributed by atoms with van der Waals surface area (Å²) in [7, 11) is 0. The van der Waals surface area contributed by atoms with Crippen LogP contribution in [0.4, 0.5) is 17.1 Å². The first kappa shape index (κ1) is 27.8. The molecule has 0 aliphatic rings. The number of benzene rings is 8. The minimum atomic E-state index is 0.605. The lowest BCUT2D eigenvalue weighted by atomic mass is 9.89. The number of oxazole rings is 1. The van der Waals surface area contributed by atoms with Gasteiger partial charge in [0, 0.05) is 33.4 Å². The third-order valence-electron chi connectivity index (χ3n) is 9.07. The standard InChI is InChI=1S/C45H30N2O/c1-5-15-31(16-6-1)39-29-41-37-23-13-14-24-38(37)44-43(42(41)30-40(39)32-17-7-2-8-18-32)46-45(48-44)33-25-27-36(28-26-33)47(34-19-9-3-10-20-34)35-21-11-4-12-22-35/h1-30H. The molecule has 0 N–H and O–H groups in total. The predicted octanol–water partition coefficient (Wildman–Crippen LogP) is 12.6. The van der Waals surface area contributed by atoms with Crippen molar-refractivity contribution in [2.75, 3.05) is 4.90 Å². The van der Waals surface area contributed by atoms with Crippen LogP contribution in [0.2, 0.25) is 0 Å². The van der Waals surface area contributed by atoms with E-state index in [9.17, 15) is 0 Å². The van der Waals surface area contributed by atoms with E-state index in [4.69, 9.17) is 9.40 Å². The van der Waals surface area contributed by atoms with Crippen molar-refractivity contribution >= 4 is 49.7 Å². The third kappa shape index (κ3) is 4.81. The Labute approximate surface area is 279 Å². The molecule has 8 aromatic carbocycles. The molecule has 3 heteroatoms. The number of hydrogen-bond acceptors (Lipinski definition) is 3. The van der Waals surface area contributed by atoms with Crippen molar-refractivity contribution in [3.8, 4) is 33.7 Å². The van der Waals surface area contributed by atoms with Gasteiger partial charge in [0.25, 0.3) is 0 Å². The summed E-state index contributed by atoms with van der Waals surface area (Å²) >= 11 is 0. The molecule has 226 valence electrons. The molecule has 0 fully saturated rings. The molecule has 0 atom stereocenters. The normalized spacial score (nSPS) is 11.3. The lowest BCUT2D eigenvalue weighted by Crippen LogP contribution is -2.09. The zero-order valence-electron chi connectivity index (χ0n) is 26.1. The minimum Gasteiger partial charge on any atom is -0.435 e. The van der Waals surface area contributed by atoms with E-state index >= 15 is 0 Å². The van der Waals surface area contributed by atoms with Crippen molar-refractivity contribution in [2.24, 2.45) is 0 Å². The van der Waals surface area contributed by atoms with Gasteiger partial charge in [-0.15, -0.1) is 0 Å². The summed E-state index contributed by atoms with van der Waals surface area (Å²) in [5, 5.41) is 4.44. The van der Waals surface area contributed by atoms with E-state index in [2.05, 4.69) is 175 Å². The molecule has 0 spiro atoms. The molecule has 1 heterocycles.